The van der Waals surface area contributed by atoms with E-state index in [4.69, 9.17) is 4.74 Å². The van der Waals surface area contributed by atoms with Crippen molar-refractivity contribution in [3.05, 3.63) is 46.4 Å². The van der Waals surface area contributed by atoms with Crippen LogP contribution in [-0.2, 0) is 5.41 Å². The molecule has 0 amide bonds. The maximum atomic E-state index is 9.44. The number of phenols is 2. The van der Waals surface area contributed by atoms with Crippen LogP contribution in [-0.4, -0.2) is 10.2 Å². The SMILES string of the molecule is CC(C)(C)c1ccc(Oc2ccc(O)c(O)c2)cc1Br. The van der Waals surface area contributed by atoms with Crippen LogP contribution >= 0.6 is 15.9 Å². The first-order valence-corrected chi connectivity index (χ1v) is 7.06. The van der Waals surface area contributed by atoms with Gasteiger partial charge in [-0.2, -0.15) is 0 Å². The largest absolute Gasteiger partial charge is 0.504 e. The lowest BCUT2D eigenvalue weighted by Crippen LogP contribution is -2.11. The summed E-state index contributed by atoms with van der Waals surface area (Å²) in [5, 5.41) is 18.7. The topological polar surface area (TPSA) is 49.7 Å². The summed E-state index contributed by atoms with van der Waals surface area (Å²) < 4.78 is 6.64. The zero-order valence-corrected chi connectivity index (χ0v) is 13.2. The number of benzene rings is 2. The van der Waals surface area contributed by atoms with Gasteiger partial charge in [-0.05, 0) is 35.2 Å². The fraction of sp³-hybridized carbons (Fsp3) is 0.250. The predicted octanol–water partition coefficient (Wildman–Crippen LogP) is 4.95. The molecule has 0 aromatic heterocycles. The standard InChI is InChI=1S/C16H17BrO3/c1-16(2,3)12-6-4-10(8-13(12)17)20-11-5-7-14(18)15(19)9-11/h4-9,18-19H,1-3H3. The van der Waals surface area contributed by atoms with Crippen LogP contribution in [0.25, 0.3) is 0 Å². The van der Waals surface area contributed by atoms with Crippen LogP contribution in [0, 0.1) is 0 Å². The summed E-state index contributed by atoms with van der Waals surface area (Å²) in [5.74, 6) is 0.764. The second-order valence-electron chi connectivity index (χ2n) is 5.64. The molecule has 0 aliphatic heterocycles. The molecule has 0 heterocycles. The van der Waals surface area contributed by atoms with E-state index in [0.29, 0.717) is 11.5 Å². The number of ether oxygens (including phenoxy) is 1. The summed E-state index contributed by atoms with van der Waals surface area (Å²) >= 11 is 3.55. The number of halogens is 1. The van der Waals surface area contributed by atoms with Crippen molar-refractivity contribution in [2.75, 3.05) is 0 Å². The van der Waals surface area contributed by atoms with Crippen molar-refractivity contribution in [1.29, 1.82) is 0 Å². The first kappa shape index (κ1) is 14.7. The predicted molar refractivity (Wildman–Crippen MR) is 82.7 cm³/mol. The van der Waals surface area contributed by atoms with E-state index in [2.05, 4.69) is 36.7 Å². The molecule has 2 rings (SSSR count). The van der Waals surface area contributed by atoms with Gasteiger partial charge in [0.25, 0.3) is 0 Å². The molecule has 4 heteroatoms. The molecule has 0 saturated heterocycles. The Morgan fingerprint density at radius 1 is 0.900 bits per heavy atom. The number of hydrogen-bond donors (Lipinski definition) is 2. The molecule has 2 N–H and O–H groups in total. The molecule has 0 fully saturated rings. The molecule has 0 aliphatic rings. The average Bonchev–Trinajstić information content (AvgIpc) is 2.32. The van der Waals surface area contributed by atoms with Crippen LogP contribution in [0.1, 0.15) is 26.3 Å². The van der Waals surface area contributed by atoms with E-state index < -0.39 is 0 Å². The summed E-state index contributed by atoms with van der Waals surface area (Å²) in [6, 6.07) is 10.2. The minimum absolute atomic E-state index is 0.0498. The van der Waals surface area contributed by atoms with Gasteiger partial charge in [0.05, 0.1) is 0 Å². The molecular weight excluding hydrogens is 320 g/mol. The Labute approximate surface area is 127 Å². The second kappa shape index (κ2) is 5.37. The molecule has 3 nitrogen and oxygen atoms in total. The lowest BCUT2D eigenvalue weighted by molar-refractivity contribution is 0.398. The van der Waals surface area contributed by atoms with Crippen LogP contribution in [0.15, 0.2) is 40.9 Å². The molecule has 0 saturated carbocycles. The van der Waals surface area contributed by atoms with Gasteiger partial charge in [-0.15, -0.1) is 0 Å². The molecule has 0 unspecified atom stereocenters. The Balaban J connectivity index is 2.26. The van der Waals surface area contributed by atoms with Gasteiger partial charge in [-0.3, -0.25) is 0 Å². The highest BCUT2D eigenvalue weighted by atomic mass is 79.9. The van der Waals surface area contributed by atoms with Crippen LogP contribution < -0.4 is 4.74 Å². The van der Waals surface area contributed by atoms with Crippen LogP contribution in [0.5, 0.6) is 23.0 Å². The maximum absolute atomic E-state index is 9.44. The van der Waals surface area contributed by atoms with E-state index in [1.165, 1.54) is 17.7 Å². The molecule has 0 atom stereocenters. The zero-order valence-electron chi connectivity index (χ0n) is 11.6. The first-order valence-electron chi connectivity index (χ1n) is 6.27. The molecule has 2 aromatic carbocycles. The number of hydrogen-bond acceptors (Lipinski definition) is 3. The van der Waals surface area contributed by atoms with Crippen molar-refractivity contribution in [1.82, 2.24) is 0 Å². The maximum Gasteiger partial charge on any atom is 0.161 e. The Morgan fingerprint density at radius 2 is 1.50 bits per heavy atom. The molecule has 106 valence electrons. The van der Waals surface area contributed by atoms with Crippen molar-refractivity contribution in [3.8, 4) is 23.0 Å². The van der Waals surface area contributed by atoms with Crippen molar-refractivity contribution >= 4 is 15.9 Å². The molecule has 0 radical (unpaired) electrons. The zero-order chi connectivity index (χ0) is 14.9. The highest BCUT2D eigenvalue weighted by Gasteiger charge is 2.17. The van der Waals surface area contributed by atoms with Gasteiger partial charge in [0, 0.05) is 10.5 Å². The molecular formula is C16H17BrO3. The van der Waals surface area contributed by atoms with Gasteiger partial charge in [-0.25, -0.2) is 0 Å². The summed E-state index contributed by atoms with van der Waals surface area (Å²) in [6.07, 6.45) is 0. The lowest BCUT2D eigenvalue weighted by Gasteiger charge is -2.21. The van der Waals surface area contributed by atoms with E-state index in [0.717, 1.165) is 4.47 Å². The molecule has 0 aliphatic carbocycles. The number of phenolic OH excluding ortho intramolecular Hbond substituents is 2. The summed E-state index contributed by atoms with van der Waals surface area (Å²) in [4.78, 5) is 0. The number of aromatic hydroxyl groups is 2. The third-order valence-corrected chi connectivity index (χ3v) is 3.59. The fourth-order valence-corrected chi connectivity index (χ4v) is 2.82. The molecule has 20 heavy (non-hydrogen) atoms. The minimum Gasteiger partial charge on any atom is -0.504 e. The third kappa shape index (κ3) is 3.25. The second-order valence-corrected chi connectivity index (χ2v) is 6.50. The monoisotopic (exact) mass is 336 g/mol. The normalized spacial score (nSPS) is 11.4. The van der Waals surface area contributed by atoms with E-state index >= 15 is 0 Å². The quantitative estimate of drug-likeness (QED) is 0.763. The average molecular weight is 337 g/mol. The smallest absolute Gasteiger partial charge is 0.161 e. The Hall–Kier alpha value is -1.68. The van der Waals surface area contributed by atoms with E-state index in [-0.39, 0.29) is 16.9 Å². The van der Waals surface area contributed by atoms with Crippen molar-refractivity contribution in [3.63, 3.8) is 0 Å². The van der Waals surface area contributed by atoms with Gasteiger partial charge < -0.3 is 14.9 Å². The summed E-state index contributed by atoms with van der Waals surface area (Å²) in [6.45, 7) is 6.43. The highest BCUT2D eigenvalue weighted by Crippen LogP contribution is 2.35. The van der Waals surface area contributed by atoms with Crippen LogP contribution in [0.4, 0.5) is 0 Å². The van der Waals surface area contributed by atoms with Gasteiger partial charge >= 0.3 is 0 Å². The first-order chi connectivity index (χ1) is 9.27. The molecule has 0 spiro atoms. The summed E-state index contributed by atoms with van der Waals surface area (Å²) in [7, 11) is 0. The van der Waals surface area contributed by atoms with Crippen molar-refractivity contribution < 1.29 is 14.9 Å². The Bertz CT molecular complexity index is 630. The van der Waals surface area contributed by atoms with Crippen LogP contribution in [0.2, 0.25) is 0 Å². The van der Waals surface area contributed by atoms with Crippen molar-refractivity contribution in [2.24, 2.45) is 0 Å². The molecule has 0 bridgehead atoms. The highest BCUT2D eigenvalue weighted by molar-refractivity contribution is 9.10. The number of rotatable bonds is 2. The van der Waals surface area contributed by atoms with Gasteiger partial charge in [0.15, 0.2) is 11.5 Å². The fourth-order valence-electron chi connectivity index (χ4n) is 1.87. The van der Waals surface area contributed by atoms with Crippen LogP contribution in [0.3, 0.4) is 0 Å². The van der Waals surface area contributed by atoms with E-state index in [9.17, 15) is 10.2 Å². The molecule has 2 aromatic rings. The summed E-state index contributed by atoms with van der Waals surface area (Å²) in [5.41, 5.74) is 1.24. The van der Waals surface area contributed by atoms with E-state index in [1.807, 2.05) is 18.2 Å². The Morgan fingerprint density at radius 3 is 2.05 bits per heavy atom. The lowest BCUT2D eigenvalue weighted by atomic mass is 9.87. The Kier molecular flexibility index (Phi) is 3.95. The van der Waals surface area contributed by atoms with Crippen molar-refractivity contribution in [2.45, 2.75) is 26.2 Å². The van der Waals surface area contributed by atoms with E-state index in [1.54, 1.807) is 6.07 Å². The minimum atomic E-state index is -0.201. The third-order valence-electron chi connectivity index (χ3n) is 2.93. The van der Waals surface area contributed by atoms with Gasteiger partial charge in [-0.1, -0.05) is 42.8 Å². The van der Waals surface area contributed by atoms with Gasteiger partial charge in [0.1, 0.15) is 11.5 Å². The van der Waals surface area contributed by atoms with Gasteiger partial charge in [0.2, 0.25) is 0 Å².